The third kappa shape index (κ3) is 2.52. The normalized spacial score (nSPS) is 12.7. The molecule has 0 fully saturated rings. The Morgan fingerprint density at radius 3 is 2.69 bits per heavy atom. The van der Waals surface area contributed by atoms with Gasteiger partial charge in [0, 0.05) is 4.88 Å². The Balaban J connectivity index is 2.36. The summed E-state index contributed by atoms with van der Waals surface area (Å²) in [5, 5.41) is 0. The molecule has 2 aromatic rings. The molecule has 0 radical (unpaired) electrons. The van der Waals surface area contributed by atoms with Crippen LogP contribution in [0.5, 0.6) is 0 Å². The molecular formula is C12H13BrN2S. The van der Waals surface area contributed by atoms with Crippen LogP contribution < -0.4 is 11.3 Å². The fraction of sp³-hybridized carbons (Fsp3) is 0.167. The molecule has 0 aliphatic rings. The van der Waals surface area contributed by atoms with E-state index >= 15 is 0 Å². The number of aryl methyl sites for hydroxylation is 1. The maximum absolute atomic E-state index is 5.64. The first kappa shape index (κ1) is 11.8. The number of rotatable bonds is 3. The van der Waals surface area contributed by atoms with E-state index in [1.165, 1.54) is 16.0 Å². The smallest absolute Gasteiger partial charge is 0.0803 e. The minimum absolute atomic E-state index is 0.0659. The Bertz CT molecular complexity index is 481. The summed E-state index contributed by atoms with van der Waals surface area (Å²) in [6.45, 7) is 2.08. The van der Waals surface area contributed by atoms with Crippen molar-refractivity contribution >= 4 is 27.3 Å². The van der Waals surface area contributed by atoms with Crippen molar-refractivity contribution in [3.63, 3.8) is 0 Å². The van der Waals surface area contributed by atoms with Gasteiger partial charge in [0.2, 0.25) is 0 Å². The van der Waals surface area contributed by atoms with Crippen molar-refractivity contribution in [3.8, 4) is 0 Å². The minimum atomic E-state index is 0.0659. The highest BCUT2D eigenvalue weighted by molar-refractivity contribution is 9.11. The second-order valence-corrected chi connectivity index (χ2v) is 6.15. The fourth-order valence-corrected chi connectivity index (χ4v) is 3.19. The van der Waals surface area contributed by atoms with Gasteiger partial charge in [-0.3, -0.25) is 5.84 Å². The van der Waals surface area contributed by atoms with E-state index in [4.69, 9.17) is 5.84 Å². The molecule has 0 spiro atoms. The molecule has 1 aromatic carbocycles. The highest BCUT2D eigenvalue weighted by Gasteiger charge is 2.14. The molecule has 84 valence electrons. The summed E-state index contributed by atoms with van der Waals surface area (Å²) in [6, 6.07) is 12.6. The van der Waals surface area contributed by atoms with Gasteiger partial charge in [0.05, 0.1) is 9.83 Å². The number of benzene rings is 1. The summed E-state index contributed by atoms with van der Waals surface area (Å²) in [5.74, 6) is 5.64. The maximum Gasteiger partial charge on any atom is 0.0803 e. The third-order valence-electron chi connectivity index (χ3n) is 2.42. The van der Waals surface area contributed by atoms with Crippen LogP contribution in [0.3, 0.4) is 0 Å². The lowest BCUT2D eigenvalue weighted by molar-refractivity contribution is 0.646. The first-order chi connectivity index (χ1) is 7.70. The molecule has 1 heterocycles. The lowest BCUT2D eigenvalue weighted by Crippen LogP contribution is -2.28. The van der Waals surface area contributed by atoms with E-state index in [0.717, 1.165) is 3.79 Å². The average Bonchev–Trinajstić information content (AvgIpc) is 2.66. The van der Waals surface area contributed by atoms with Crippen molar-refractivity contribution in [3.05, 3.63) is 56.2 Å². The number of hydrogen-bond donors (Lipinski definition) is 2. The Kier molecular flexibility index (Phi) is 3.76. The fourth-order valence-electron chi connectivity index (χ4n) is 1.68. The van der Waals surface area contributed by atoms with E-state index in [0.29, 0.717) is 0 Å². The second kappa shape index (κ2) is 5.10. The number of hydrazine groups is 1. The van der Waals surface area contributed by atoms with Crippen LogP contribution in [-0.4, -0.2) is 0 Å². The number of thiophene rings is 1. The number of halogens is 1. The number of nitrogens with two attached hydrogens (primary N) is 1. The van der Waals surface area contributed by atoms with E-state index in [1.54, 1.807) is 11.3 Å². The van der Waals surface area contributed by atoms with Crippen LogP contribution in [0.15, 0.2) is 40.2 Å². The van der Waals surface area contributed by atoms with Gasteiger partial charge in [0.25, 0.3) is 0 Å². The first-order valence-corrected chi connectivity index (χ1v) is 6.59. The highest BCUT2D eigenvalue weighted by Crippen LogP contribution is 2.30. The lowest BCUT2D eigenvalue weighted by atomic mass is 10.0. The van der Waals surface area contributed by atoms with E-state index < -0.39 is 0 Å². The molecule has 4 heteroatoms. The van der Waals surface area contributed by atoms with Crippen LogP contribution in [0.1, 0.15) is 22.0 Å². The molecule has 2 nitrogen and oxygen atoms in total. The molecule has 0 bridgehead atoms. The molecule has 0 saturated heterocycles. The van der Waals surface area contributed by atoms with Gasteiger partial charge in [-0.15, -0.1) is 11.3 Å². The van der Waals surface area contributed by atoms with Crippen LogP contribution in [0.4, 0.5) is 0 Å². The zero-order valence-corrected chi connectivity index (χ0v) is 11.3. The molecule has 1 atom stereocenters. The number of nitrogens with one attached hydrogen (secondary N) is 1. The maximum atomic E-state index is 5.64. The van der Waals surface area contributed by atoms with E-state index in [2.05, 4.69) is 58.6 Å². The quantitative estimate of drug-likeness (QED) is 0.673. The Morgan fingerprint density at radius 1 is 1.31 bits per heavy atom. The first-order valence-electron chi connectivity index (χ1n) is 4.98. The molecule has 0 aliphatic carbocycles. The van der Waals surface area contributed by atoms with Gasteiger partial charge in [0.15, 0.2) is 0 Å². The largest absolute Gasteiger partial charge is 0.271 e. The van der Waals surface area contributed by atoms with Crippen molar-refractivity contribution in [2.24, 2.45) is 5.84 Å². The van der Waals surface area contributed by atoms with Crippen molar-refractivity contribution in [1.29, 1.82) is 0 Å². The van der Waals surface area contributed by atoms with Crippen LogP contribution in [0, 0.1) is 6.92 Å². The van der Waals surface area contributed by atoms with Gasteiger partial charge >= 0.3 is 0 Å². The zero-order valence-electron chi connectivity index (χ0n) is 8.91. The predicted octanol–water partition coefficient (Wildman–Crippen LogP) is 3.37. The summed E-state index contributed by atoms with van der Waals surface area (Å²) in [4.78, 5) is 1.21. The van der Waals surface area contributed by atoms with Gasteiger partial charge in [-0.05, 0) is 40.5 Å². The van der Waals surface area contributed by atoms with E-state index in [1.807, 2.05) is 6.07 Å². The highest BCUT2D eigenvalue weighted by atomic mass is 79.9. The summed E-state index contributed by atoms with van der Waals surface area (Å²) < 4.78 is 1.12. The third-order valence-corrected chi connectivity index (χ3v) is 4.11. The topological polar surface area (TPSA) is 38.0 Å². The van der Waals surface area contributed by atoms with Crippen molar-refractivity contribution in [1.82, 2.24) is 5.43 Å². The van der Waals surface area contributed by atoms with Gasteiger partial charge in [-0.25, -0.2) is 5.43 Å². The van der Waals surface area contributed by atoms with Gasteiger partial charge < -0.3 is 0 Å². The molecule has 0 aliphatic heterocycles. The molecule has 16 heavy (non-hydrogen) atoms. The molecular weight excluding hydrogens is 284 g/mol. The van der Waals surface area contributed by atoms with Gasteiger partial charge in [-0.2, -0.15) is 0 Å². The summed E-state index contributed by atoms with van der Waals surface area (Å²) >= 11 is 5.16. The standard InChI is InChI=1S/C12H13BrN2S/c1-8-3-2-4-9(7-8)12(15-14)10-5-6-11(13)16-10/h2-7,12,15H,14H2,1H3. The van der Waals surface area contributed by atoms with E-state index in [9.17, 15) is 0 Å². The number of hydrogen-bond acceptors (Lipinski definition) is 3. The second-order valence-electron chi connectivity index (χ2n) is 3.66. The average molecular weight is 297 g/mol. The van der Waals surface area contributed by atoms with E-state index in [-0.39, 0.29) is 6.04 Å². The zero-order chi connectivity index (χ0) is 11.5. The molecule has 0 amide bonds. The van der Waals surface area contributed by atoms with Crippen LogP contribution in [0.25, 0.3) is 0 Å². The summed E-state index contributed by atoms with van der Waals surface area (Å²) in [7, 11) is 0. The van der Waals surface area contributed by atoms with Crippen LogP contribution in [0.2, 0.25) is 0 Å². The van der Waals surface area contributed by atoms with Gasteiger partial charge in [-0.1, -0.05) is 29.8 Å². The summed E-state index contributed by atoms with van der Waals surface area (Å²) in [6.07, 6.45) is 0. The van der Waals surface area contributed by atoms with Crippen molar-refractivity contribution in [2.45, 2.75) is 13.0 Å². The van der Waals surface area contributed by atoms with Crippen molar-refractivity contribution < 1.29 is 0 Å². The minimum Gasteiger partial charge on any atom is -0.271 e. The van der Waals surface area contributed by atoms with Gasteiger partial charge in [0.1, 0.15) is 0 Å². The van der Waals surface area contributed by atoms with Crippen molar-refractivity contribution in [2.75, 3.05) is 0 Å². The molecule has 2 rings (SSSR count). The lowest BCUT2D eigenvalue weighted by Gasteiger charge is -2.15. The van der Waals surface area contributed by atoms with Crippen LogP contribution >= 0.6 is 27.3 Å². The van der Waals surface area contributed by atoms with Crippen LogP contribution in [-0.2, 0) is 0 Å². The Morgan fingerprint density at radius 2 is 2.12 bits per heavy atom. The monoisotopic (exact) mass is 296 g/mol. The molecule has 1 aromatic heterocycles. The predicted molar refractivity (Wildman–Crippen MR) is 72.4 cm³/mol. The summed E-state index contributed by atoms with van der Waals surface area (Å²) in [5.41, 5.74) is 5.30. The molecule has 3 N–H and O–H groups in total. The molecule has 0 saturated carbocycles. The Labute approximate surface area is 108 Å². The molecule has 1 unspecified atom stereocenters. The SMILES string of the molecule is Cc1cccc(C(NN)c2ccc(Br)s2)c1. The Hall–Kier alpha value is -0.680.